The molecule has 6 heteroatoms. The Morgan fingerprint density at radius 3 is 2.69 bits per heavy atom. The van der Waals surface area contributed by atoms with Crippen LogP contribution in [0, 0.1) is 0 Å². The molecular formula is C7H10FNO4. The molecule has 0 unspecified atom stereocenters. The summed E-state index contributed by atoms with van der Waals surface area (Å²) in [6.07, 6.45) is 0.329. The van der Waals surface area contributed by atoms with Crippen LogP contribution in [-0.2, 0) is 9.53 Å². The maximum atomic E-state index is 11.9. The Labute approximate surface area is 74.2 Å². The van der Waals surface area contributed by atoms with E-state index < -0.39 is 24.8 Å². The number of halogens is 1. The maximum absolute atomic E-state index is 11.9. The molecule has 0 radical (unpaired) electrons. The second-order valence-corrected chi connectivity index (χ2v) is 2.08. The summed E-state index contributed by atoms with van der Waals surface area (Å²) in [4.78, 5) is 20.9. The molecule has 0 saturated heterocycles. The van der Waals surface area contributed by atoms with Crippen LogP contribution >= 0.6 is 0 Å². The van der Waals surface area contributed by atoms with E-state index in [-0.39, 0.29) is 6.61 Å². The van der Waals surface area contributed by atoms with Gasteiger partial charge in [0.05, 0.1) is 0 Å². The number of ether oxygens (including phenoxy) is 1. The van der Waals surface area contributed by atoms with E-state index in [1.807, 2.05) is 5.32 Å². The molecule has 0 fully saturated rings. The molecule has 0 bridgehead atoms. The van der Waals surface area contributed by atoms with E-state index in [0.717, 1.165) is 0 Å². The fraction of sp³-hybridized carbons (Fsp3) is 0.429. The standard InChI is InChI=1S/C7H10FNO4/c1-2-3-13-7(12)9-5(4-8)6(10)11/h2,5H,1,3-4H2,(H,9,12)(H,10,11)/t5-/m0/s1. The van der Waals surface area contributed by atoms with E-state index >= 15 is 0 Å². The number of rotatable bonds is 5. The first-order valence-electron chi connectivity index (χ1n) is 3.44. The lowest BCUT2D eigenvalue weighted by molar-refractivity contribution is -0.139. The first-order valence-corrected chi connectivity index (χ1v) is 3.44. The van der Waals surface area contributed by atoms with Crippen LogP contribution in [0.3, 0.4) is 0 Å². The van der Waals surface area contributed by atoms with E-state index in [4.69, 9.17) is 5.11 Å². The van der Waals surface area contributed by atoms with Crippen molar-refractivity contribution in [3.63, 3.8) is 0 Å². The van der Waals surface area contributed by atoms with Crippen molar-refractivity contribution in [1.82, 2.24) is 5.32 Å². The Morgan fingerprint density at radius 1 is 1.69 bits per heavy atom. The van der Waals surface area contributed by atoms with Crippen LogP contribution < -0.4 is 5.32 Å². The minimum Gasteiger partial charge on any atom is -0.480 e. The monoisotopic (exact) mass is 191 g/mol. The first kappa shape index (κ1) is 11.4. The summed E-state index contributed by atoms with van der Waals surface area (Å²) in [5.74, 6) is -1.45. The average molecular weight is 191 g/mol. The van der Waals surface area contributed by atoms with Gasteiger partial charge in [0.2, 0.25) is 0 Å². The smallest absolute Gasteiger partial charge is 0.408 e. The highest BCUT2D eigenvalue weighted by molar-refractivity contribution is 5.79. The van der Waals surface area contributed by atoms with Crippen molar-refractivity contribution in [3.8, 4) is 0 Å². The molecule has 0 heterocycles. The fourth-order valence-electron chi connectivity index (χ4n) is 0.485. The minimum absolute atomic E-state index is 0.0511. The van der Waals surface area contributed by atoms with Crippen molar-refractivity contribution in [1.29, 1.82) is 0 Å². The maximum Gasteiger partial charge on any atom is 0.408 e. The number of carbonyl (C=O) groups is 2. The summed E-state index contributed by atoms with van der Waals surface area (Å²) in [6.45, 7) is 2.04. The third-order valence-electron chi connectivity index (χ3n) is 1.08. The molecule has 0 saturated carbocycles. The number of alkyl halides is 1. The number of amides is 1. The number of hydrogen-bond acceptors (Lipinski definition) is 3. The van der Waals surface area contributed by atoms with Gasteiger partial charge in [-0.15, -0.1) is 0 Å². The molecule has 0 aliphatic rings. The Bertz CT molecular complexity index is 207. The number of carboxylic acids is 1. The second kappa shape index (κ2) is 5.99. The first-order chi connectivity index (χ1) is 6.11. The Morgan fingerprint density at radius 2 is 2.31 bits per heavy atom. The van der Waals surface area contributed by atoms with E-state index in [1.54, 1.807) is 0 Å². The summed E-state index contributed by atoms with van der Waals surface area (Å²) in [6, 6.07) is -1.56. The average Bonchev–Trinajstić information content (AvgIpc) is 2.10. The summed E-state index contributed by atoms with van der Waals surface area (Å²) in [7, 11) is 0. The van der Waals surface area contributed by atoms with Crippen LogP contribution in [0.4, 0.5) is 9.18 Å². The van der Waals surface area contributed by atoms with Crippen molar-refractivity contribution in [2.75, 3.05) is 13.3 Å². The Hall–Kier alpha value is -1.59. The van der Waals surface area contributed by atoms with Crippen LogP contribution in [0.2, 0.25) is 0 Å². The Balaban J connectivity index is 3.86. The molecular weight excluding hydrogens is 181 g/mol. The zero-order chi connectivity index (χ0) is 10.3. The zero-order valence-corrected chi connectivity index (χ0v) is 6.83. The fourth-order valence-corrected chi connectivity index (χ4v) is 0.485. The molecule has 74 valence electrons. The van der Waals surface area contributed by atoms with E-state index in [2.05, 4.69) is 11.3 Å². The quantitative estimate of drug-likeness (QED) is 0.613. The van der Waals surface area contributed by atoms with Gasteiger partial charge < -0.3 is 15.2 Å². The third-order valence-corrected chi connectivity index (χ3v) is 1.08. The van der Waals surface area contributed by atoms with Gasteiger partial charge in [-0.2, -0.15) is 0 Å². The van der Waals surface area contributed by atoms with Gasteiger partial charge in [0.15, 0.2) is 6.04 Å². The van der Waals surface area contributed by atoms with Crippen molar-refractivity contribution < 1.29 is 23.8 Å². The molecule has 13 heavy (non-hydrogen) atoms. The molecule has 1 amide bonds. The molecule has 5 nitrogen and oxygen atoms in total. The molecule has 0 aromatic rings. The molecule has 0 aromatic carbocycles. The summed E-state index contributed by atoms with van der Waals surface area (Å²) in [5, 5.41) is 10.1. The summed E-state index contributed by atoms with van der Waals surface area (Å²) in [5.41, 5.74) is 0. The van der Waals surface area contributed by atoms with Gasteiger partial charge in [0.25, 0.3) is 0 Å². The van der Waals surface area contributed by atoms with Crippen molar-refractivity contribution in [2.45, 2.75) is 6.04 Å². The number of hydrogen-bond donors (Lipinski definition) is 2. The lowest BCUT2D eigenvalue weighted by atomic mass is 10.3. The molecule has 0 aliphatic carbocycles. The molecule has 0 aromatic heterocycles. The van der Waals surface area contributed by atoms with E-state index in [1.165, 1.54) is 6.08 Å². The van der Waals surface area contributed by atoms with Crippen molar-refractivity contribution in [2.24, 2.45) is 0 Å². The van der Waals surface area contributed by atoms with E-state index in [0.29, 0.717) is 0 Å². The van der Waals surface area contributed by atoms with Crippen LogP contribution in [0.1, 0.15) is 0 Å². The van der Waals surface area contributed by atoms with Gasteiger partial charge in [-0.05, 0) is 0 Å². The van der Waals surface area contributed by atoms with Gasteiger partial charge >= 0.3 is 12.1 Å². The summed E-state index contributed by atoms with van der Waals surface area (Å²) < 4.78 is 16.3. The number of carboxylic acid groups (broad SMARTS) is 1. The third kappa shape index (κ3) is 4.78. The van der Waals surface area contributed by atoms with Crippen LogP contribution in [-0.4, -0.2) is 36.5 Å². The van der Waals surface area contributed by atoms with E-state index in [9.17, 15) is 14.0 Å². The molecule has 2 N–H and O–H groups in total. The number of carbonyl (C=O) groups excluding carboxylic acids is 1. The molecule has 0 aliphatic heterocycles. The van der Waals surface area contributed by atoms with Crippen molar-refractivity contribution >= 4 is 12.1 Å². The van der Waals surface area contributed by atoms with Crippen LogP contribution in [0.5, 0.6) is 0 Å². The highest BCUT2D eigenvalue weighted by Gasteiger charge is 2.19. The SMILES string of the molecule is C=CCOC(=O)N[C@@H](CF)C(=O)O. The van der Waals surface area contributed by atoms with Crippen LogP contribution in [0.25, 0.3) is 0 Å². The second-order valence-electron chi connectivity index (χ2n) is 2.08. The lowest BCUT2D eigenvalue weighted by Gasteiger charge is -2.09. The summed E-state index contributed by atoms with van der Waals surface area (Å²) >= 11 is 0. The molecule has 0 rings (SSSR count). The van der Waals surface area contributed by atoms with Crippen molar-refractivity contribution in [3.05, 3.63) is 12.7 Å². The number of nitrogens with one attached hydrogen (secondary N) is 1. The van der Waals surface area contributed by atoms with Crippen LogP contribution in [0.15, 0.2) is 12.7 Å². The van der Waals surface area contributed by atoms with Gasteiger partial charge in [0.1, 0.15) is 13.3 Å². The minimum atomic E-state index is -1.56. The zero-order valence-electron chi connectivity index (χ0n) is 6.83. The predicted octanol–water partition coefficient (Wildman–Crippen LogP) is 0.321. The number of aliphatic carboxylic acids is 1. The molecule has 1 atom stereocenters. The molecule has 0 spiro atoms. The normalized spacial score (nSPS) is 11.5. The predicted molar refractivity (Wildman–Crippen MR) is 42.1 cm³/mol. The van der Waals surface area contributed by atoms with Gasteiger partial charge in [-0.25, -0.2) is 14.0 Å². The highest BCUT2D eigenvalue weighted by Crippen LogP contribution is 1.88. The topological polar surface area (TPSA) is 75.6 Å². The lowest BCUT2D eigenvalue weighted by Crippen LogP contribution is -2.42. The largest absolute Gasteiger partial charge is 0.480 e. The highest BCUT2D eigenvalue weighted by atomic mass is 19.1. The Kier molecular flexibility index (Phi) is 5.25. The number of alkyl carbamates (subject to hydrolysis) is 1. The van der Waals surface area contributed by atoms with Gasteiger partial charge in [-0.3, -0.25) is 0 Å². The van der Waals surface area contributed by atoms with Gasteiger partial charge in [-0.1, -0.05) is 12.7 Å². The van der Waals surface area contributed by atoms with Gasteiger partial charge in [0, 0.05) is 0 Å².